The number of nitrogens with zero attached hydrogens (tertiary/aromatic N) is 1. The molecule has 0 bridgehead atoms. The normalized spacial score (nSPS) is 12.1. The topological polar surface area (TPSA) is 57.6 Å². The number of hydrogen-bond acceptors (Lipinski definition) is 3. The molecule has 0 unspecified atom stereocenters. The number of benzene rings is 1. The van der Waals surface area contributed by atoms with Crippen molar-refractivity contribution in [2.75, 3.05) is 19.7 Å². The SMILES string of the molecule is CCCN(CCO)S(=O)(=O)c1c(F)cc(F)cc1F. The van der Waals surface area contributed by atoms with Crippen LogP contribution >= 0.6 is 0 Å². The van der Waals surface area contributed by atoms with Crippen molar-refractivity contribution in [2.45, 2.75) is 18.2 Å². The van der Waals surface area contributed by atoms with Gasteiger partial charge < -0.3 is 5.11 Å². The summed E-state index contributed by atoms with van der Waals surface area (Å²) >= 11 is 0. The maximum atomic E-state index is 13.5. The third-order valence-electron chi connectivity index (χ3n) is 2.38. The lowest BCUT2D eigenvalue weighted by atomic mass is 10.3. The van der Waals surface area contributed by atoms with Gasteiger partial charge in [-0.2, -0.15) is 4.31 Å². The third kappa shape index (κ3) is 3.46. The Morgan fingerprint density at radius 3 is 2.11 bits per heavy atom. The molecule has 0 heterocycles. The van der Waals surface area contributed by atoms with E-state index < -0.39 is 39.0 Å². The van der Waals surface area contributed by atoms with Gasteiger partial charge in [-0.05, 0) is 6.42 Å². The van der Waals surface area contributed by atoms with Crippen molar-refractivity contribution in [1.29, 1.82) is 0 Å². The van der Waals surface area contributed by atoms with E-state index >= 15 is 0 Å². The molecule has 8 heteroatoms. The second kappa shape index (κ2) is 6.36. The molecule has 4 nitrogen and oxygen atoms in total. The molecule has 0 amide bonds. The lowest BCUT2D eigenvalue weighted by Gasteiger charge is -2.21. The van der Waals surface area contributed by atoms with Crippen LogP contribution in [0.2, 0.25) is 0 Å². The van der Waals surface area contributed by atoms with Gasteiger partial charge in [-0.1, -0.05) is 6.92 Å². The van der Waals surface area contributed by atoms with Crippen molar-refractivity contribution in [1.82, 2.24) is 4.31 Å². The predicted molar refractivity (Wildman–Crippen MR) is 62.5 cm³/mol. The van der Waals surface area contributed by atoms with Gasteiger partial charge in [0.15, 0.2) is 4.90 Å². The molecule has 19 heavy (non-hydrogen) atoms. The van der Waals surface area contributed by atoms with E-state index in [0.717, 1.165) is 4.31 Å². The number of aliphatic hydroxyl groups is 1. The molecule has 0 radical (unpaired) electrons. The lowest BCUT2D eigenvalue weighted by molar-refractivity contribution is 0.253. The van der Waals surface area contributed by atoms with Crippen molar-refractivity contribution < 1.29 is 26.7 Å². The summed E-state index contributed by atoms with van der Waals surface area (Å²) in [5.41, 5.74) is 0. The Labute approximate surface area is 109 Å². The molecule has 0 spiro atoms. The number of halogens is 3. The average molecular weight is 297 g/mol. The molecule has 0 saturated carbocycles. The van der Waals surface area contributed by atoms with Gasteiger partial charge >= 0.3 is 0 Å². The zero-order valence-electron chi connectivity index (χ0n) is 10.2. The van der Waals surface area contributed by atoms with Crippen molar-refractivity contribution >= 4 is 10.0 Å². The summed E-state index contributed by atoms with van der Waals surface area (Å²) in [5.74, 6) is -4.17. The van der Waals surface area contributed by atoms with Crippen LogP contribution in [0.5, 0.6) is 0 Å². The molecule has 1 rings (SSSR count). The van der Waals surface area contributed by atoms with E-state index in [2.05, 4.69) is 0 Å². The molecule has 0 aliphatic carbocycles. The van der Waals surface area contributed by atoms with Crippen molar-refractivity contribution in [3.05, 3.63) is 29.6 Å². The zero-order chi connectivity index (χ0) is 14.6. The van der Waals surface area contributed by atoms with Gasteiger partial charge in [-0.15, -0.1) is 0 Å². The molecule has 1 N–H and O–H groups in total. The molecule has 108 valence electrons. The molecule has 0 atom stereocenters. The number of sulfonamides is 1. The highest BCUT2D eigenvalue weighted by Crippen LogP contribution is 2.23. The first kappa shape index (κ1) is 15.9. The van der Waals surface area contributed by atoms with Crippen LogP contribution in [0.1, 0.15) is 13.3 Å². The van der Waals surface area contributed by atoms with Gasteiger partial charge in [0.05, 0.1) is 6.61 Å². The van der Waals surface area contributed by atoms with E-state index in [9.17, 15) is 21.6 Å². The minimum atomic E-state index is -4.45. The van der Waals surface area contributed by atoms with E-state index in [1.54, 1.807) is 6.92 Å². The summed E-state index contributed by atoms with van der Waals surface area (Å²) in [6, 6.07) is 0.609. The van der Waals surface area contributed by atoms with Crippen molar-refractivity contribution in [3.8, 4) is 0 Å². The highest BCUT2D eigenvalue weighted by molar-refractivity contribution is 7.89. The fourth-order valence-corrected chi connectivity index (χ4v) is 3.23. The van der Waals surface area contributed by atoms with Crippen molar-refractivity contribution in [3.63, 3.8) is 0 Å². The van der Waals surface area contributed by atoms with Crippen LogP contribution in [0, 0.1) is 17.5 Å². The third-order valence-corrected chi connectivity index (χ3v) is 4.33. The van der Waals surface area contributed by atoms with Crippen LogP contribution < -0.4 is 0 Å². The standard InChI is InChI=1S/C11H14F3NO3S/c1-2-3-15(4-5-16)19(17,18)11-9(13)6-8(12)7-10(11)14/h6-7,16H,2-5H2,1H3. The first-order chi connectivity index (χ1) is 8.84. The van der Waals surface area contributed by atoms with E-state index in [4.69, 9.17) is 5.11 Å². The van der Waals surface area contributed by atoms with E-state index in [0.29, 0.717) is 18.6 Å². The molecule has 0 aliphatic rings. The fraction of sp³-hybridized carbons (Fsp3) is 0.455. The summed E-state index contributed by atoms with van der Waals surface area (Å²) in [6.45, 7) is 0.909. The van der Waals surface area contributed by atoms with Gasteiger partial charge in [0, 0.05) is 25.2 Å². The highest BCUT2D eigenvalue weighted by atomic mass is 32.2. The predicted octanol–water partition coefficient (Wildman–Crippen LogP) is 1.50. The smallest absolute Gasteiger partial charge is 0.249 e. The van der Waals surface area contributed by atoms with Crippen LogP contribution in [-0.4, -0.2) is 37.5 Å². The summed E-state index contributed by atoms with van der Waals surface area (Å²) in [5, 5.41) is 8.80. The Morgan fingerprint density at radius 2 is 1.68 bits per heavy atom. The Balaban J connectivity index is 3.33. The summed E-state index contributed by atoms with van der Waals surface area (Å²) < 4.78 is 64.7. The molecule has 1 aromatic carbocycles. The molecule has 1 aromatic rings. The zero-order valence-corrected chi connectivity index (χ0v) is 11.1. The van der Waals surface area contributed by atoms with Gasteiger partial charge in [0.1, 0.15) is 17.5 Å². The Hall–Kier alpha value is -1.12. The second-order valence-electron chi connectivity index (χ2n) is 3.83. The summed E-state index contributed by atoms with van der Waals surface area (Å²) in [6.07, 6.45) is 0.406. The van der Waals surface area contributed by atoms with Crippen LogP contribution in [0.15, 0.2) is 17.0 Å². The molecule has 0 fully saturated rings. The number of aliphatic hydroxyl groups excluding tert-OH is 1. The highest BCUT2D eigenvalue weighted by Gasteiger charge is 2.30. The van der Waals surface area contributed by atoms with E-state index in [-0.39, 0.29) is 13.1 Å². The maximum Gasteiger partial charge on any atom is 0.249 e. The molecule has 0 saturated heterocycles. The van der Waals surface area contributed by atoms with Crippen LogP contribution in [0.4, 0.5) is 13.2 Å². The largest absolute Gasteiger partial charge is 0.395 e. The summed E-state index contributed by atoms with van der Waals surface area (Å²) in [7, 11) is -4.45. The lowest BCUT2D eigenvalue weighted by Crippen LogP contribution is -2.35. The van der Waals surface area contributed by atoms with Gasteiger partial charge in [-0.25, -0.2) is 21.6 Å². The molecule has 0 aromatic heterocycles. The minimum Gasteiger partial charge on any atom is -0.395 e. The first-order valence-electron chi connectivity index (χ1n) is 5.60. The fourth-order valence-electron chi connectivity index (χ4n) is 1.62. The Bertz CT molecular complexity index is 519. The molecular formula is C11H14F3NO3S. The van der Waals surface area contributed by atoms with E-state index in [1.807, 2.05) is 0 Å². The number of rotatable bonds is 6. The Morgan fingerprint density at radius 1 is 1.16 bits per heavy atom. The monoisotopic (exact) mass is 297 g/mol. The van der Waals surface area contributed by atoms with Crippen LogP contribution in [-0.2, 0) is 10.0 Å². The van der Waals surface area contributed by atoms with Gasteiger partial charge in [0.2, 0.25) is 10.0 Å². The second-order valence-corrected chi connectivity index (χ2v) is 5.70. The quantitative estimate of drug-likeness (QED) is 0.865. The van der Waals surface area contributed by atoms with Crippen LogP contribution in [0.25, 0.3) is 0 Å². The number of hydrogen-bond donors (Lipinski definition) is 1. The van der Waals surface area contributed by atoms with Crippen LogP contribution in [0.3, 0.4) is 0 Å². The average Bonchev–Trinajstić information content (AvgIpc) is 2.26. The Kier molecular flexibility index (Phi) is 5.33. The molecule has 0 aliphatic heterocycles. The van der Waals surface area contributed by atoms with Crippen molar-refractivity contribution in [2.24, 2.45) is 0 Å². The molecular weight excluding hydrogens is 283 g/mol. The van der Waals surface area contributed by atoms with Gasteiger partial charge in [-0.3, -0.25) is 0 Å². The first-order valence-corrected chi connectivity index (χ1v) is 7.04. The van der Waals surface area contributed by atoms with Gasteiger partial charge in [0.25, 0.3) is 0 Å². The summed E-state index contributed by atoms with van der Waals surface area (Å²) in [4.78, 5) is -1.20. The maximum absolute atomic E-state index is 13.5. The minimum absolute atomic E-state index is 0.000843. The van der Waals surface area contributed by atoms with E-state index in [1.165, 1.54) is 0 Å².